The van der Waals surface area contributed by atoms with E-state index in [-0.39, 0.29) is 29.8 Å². The Balaban J connectivity index is 0.000000396. The molecule has 0 amide bonds. The highest BCUT2D eigenvalue weighted by Gasteiger charge is 2.08. The van der Waals surface area contributed by atoms with Gasteiger partial charge in [0.05, 0.1) is 17.2 Å². The fourth-order valence-corrected chi connectivity index (χ4v) is 1.28. The smallest absolute Gasteiger partial charge is 0.335 e. The maximum absolute atomic E-state index is 10.3. The minimum Gasteiger partial charge on any atom is -0.478 e. The molecular weight excluding hydrogens is 264 g/mol. The Kier molecular flexibility index (Phi) is 8.19. The van der Waals surface area contributed by atoms with Crippen LogP contribution in [0, 0.1) is 5.92 Å². The first kappa shape index (κ1) is 18.1. The van der Waals surface area contributed by atoms with Gasteiger partial charge in [0.15, 0.2) is 0 Å². The highest BCUT2D eigenvalue weighted by atomic mass is 16.4. The minimum absolute atomic E-state index is 0.0278. The summed E-state index contributed by atoms with van der Waals surface area (Å²) in [5.41, 5.74) is 0.167. The van der Waals surface area contributed by atoms with E-state index >= 15 is 0 Å². The second-order valence-corrected chi connectivity index (χ2v) is 4.32. The molecule has 2 atom stereocenters. The molecule has 0 aliphatic heterocycles. The van der Waals surface area contributed by atoms with Gasteiger partial charge < -0.3 is 20.4 Å². The van der Waals surface area contributed by atoms with Crippen LogP contribution in [-0.2, 0) is 0 Å². The topological polar surface area (TPSA) is 115 Å². The van der Waals surface area contributed by atoms with Crippen LogP contribution < -0.4 is 0 Å². The van der Waals surface area contributed by atoms with Gasteiger partial charge in [0.2, 0.25) is 0 Å². The first-order valence-corrected chi connectivity index (χ1v) is 6.19. The number of benzene rings is 1. The summed E-state index contributed by atoms with van der Waals surface area (Å²) in [6.07, 6.45) is 0.391. The highest BCUT2D eigenvalue weighted by Crippen LogP contribution is 2.04. The summed E-state index contributed by atoms with van der Waals surface area (Å²) in [6, 6.07) is 5.02. The molecule has 0 spiro atoms. The molecular formula is C14H20O6. The number of hydrogen-bond acceptors (Lipinski definition) is 4. The van der Waals surface area contributed by atoms with E-state index < -0.39 is 11.9 Å². The molecule has 0 saturated carbocycles. The lowest BCUT2D eigenvalue weighted by Gasteiger charge is -2.12. The molecule has 6 heteroatoms. The molecule has 1 rings (SSSR count). The lowest BCUT2D eigenvalue weighted by molar-refractivity contribution is 0.0681. The van der Waals surface area contributed by atoms with Crippen molar-refractivity contribution in [2.24, 2.45) is 5.92 Å². The Bertz CT molecular complexity index is 385. The van der Waals surface area contributed by atoms with Gasteiger partial charge in [-0.3, -0.25) is 0 Å². The molecule has 112 valence electrons. The largest absolute Gasteiger partial charge is 0.478 e. The number of aliphatic hydroxyl groups excluding tert-OH is 2. The number of aromatic carboxylic acids is 2. The molecule has 0 aliphatic rings. The molecule has 0 fully saturated rings. The Morgan fingerprint density at radius 3 is 1.55 bits per heavy atom. The summed E-state index contributed by atoms with van der Waals surface area (Å²) >= 11 is 0. The van der Waals surface area contributed by atoms with Crippen LogP contribution in [0.25, 0.3) is 0 Å². The van der Waals surface area contributed by atoms with Gasteiger partial charge in [-0.2, -0.15) is 0 Å². The Hall–Kier alpha value is -1.92. The molecule has 4 N–H and O–H groups in total. The van der Waals surface area contributed by atoms with Crippen LogP contribution in [0.5, 0.6) is 0 Å². The van der Waals surface area contributed by atoms with Crippen molar-refractivity contribution < 1.29 is 30.0 Å². The molecule has 0 bridgehead atoms. The van der Waals surface area contributed by atoms with E-state index in [9.17, 15) is 9.59 Å². The Morgan fingerprint density at radius 2 is 1.40 bits per heavy atom. The molecule has 0 saturated heterocycles. The zero-order valence-corrected chi connectivity index (χ0v) is 11.5. The van der Waals surface area contributed by atoms with Crippen LogP contribution in [0.4, 0.5) is 0 Å². The van der Waals surface area contributed by atoms with Crippen LogP contribution in [0.3, 0.4) is 0 Å². The van der Waals surface area contributed by atoms with Crippen LogP contribution in [0.2, 0.25) is 0 Å². The predicted molar refractivity (Wildman–Crippen MR) is 72.9 cm³/mol. The maximum Gasteiger partial charge on any atom is 0.335 e. The van der Waals surface area contributed by atoms with Crippen LogP contribution in [-0.4, -0.2) is 45.1 Å². The van der Waals surface area contributed by atoms with E-state index in [1.54, 1.807) is 0 Å². The van der Waals surface area contributed by atoms with Gasteiger partial charge in [-0.25, -0.2) is 9.59 Å². The van der Waals surface area contributed by atoms with Crippen molar-refractivity contribution in [1.29, 1.82) is 0 Å². The second-order valence-electron chi connectivity index (χ2n) is 4.32. The summed E-state index contributed by atoms with van der Waals surface area (Å²) < 4.78 is 0. The van der Waals surface area contributed by atoms with Crippen LogP contribution in [0.15, 0.2) is 24.3 Å². The summed E-state index contributed by atoms with van der Waals surface area (Å²) in [5.74, 6) is -2.10. The summed E-state index contributed by atoms with van der Waals surface area (Å²) in [7, 11) is 0. The Morgan fingerprint density at radius 1 is 1.05 bits per heavy atom. The molecule has 0 aliphatic carbocycles. The van der Waals surface area contributed by atoms with Gasteiger partial charge in [-0.05, 0) is 30.7 Å². The molecule has 0 heterocycles. The normalized spacial score (nSPS) is 12.8. The summed E-state index contributed by atoms with van der Waals surface area (Å²) in [5, 5.41) is 34.4. The fraction of sp³-hybridized carbons (Fsp3) is 0.429. The zero-order valence-electron chi connectivity index (χ0n) is 11.5. The third kappa shape index (κ3) is 6.31. The van der Waals surface area contributed by atoms with Gasteiger partial charge in [-0.1, -0.05) is 13.8 Å². The predicted octanol–water partition coefficient (Wildman–Crippen LogP) is 1.47. The number of carbonyl (C=O) groups is 2. The average molecular weight is 284 g/mol. The molecule has 20 heavy (non-hydrogen) atoms. The van der Waals surface area contributed by atoms with Crippen molar-refractivity contribution in [2.75, 3.05) is 6.61 Å². The SMILES string of the molecule is CCC(O)C(C)CO.O=C(O)c1ccc(C(=O)O)cc1. The van der Waals surface area contributed by atoms with Crippen LogP contribution in [0.1, 0.15) is 41.0 Å². The fourth-order valence-electron chi connectivity index (χ4n) is 1.28. The molecule has 6 nitrogen and oxygen atoms in total. The van der Waals surface area contributed by atoms with E-state index in [0.29, 0.717) is 0 Å². The van der Waals surface area contributed by atoms with Gasteiger partial charge in [-0.15, -0.1) is 0 Å². The Labute approximate surface area is 117 Å². The van der Waals surface area contributed by atoms with E-state index in [2.05, 4.69) is 0 Å². The van der Waals surface area contributed by atoms with Crippen molar-refractivity contribution in [3.8, 4) is 0 Å². The van der Waals surface area contributed by atoms with Gasteiger partial charge in [0, 0.05) is 12.5 Å². The van der Waals surface area contributed by atoms with E-state index in [1.165, 1.54) is 24.3 Å². The molecule has 1 aromatic carbocycles. The quantitative estimate of drug-likeness (QED) is 0.651. The average Bonchev–Trinajstić information content (AvgIpc) is 2.46. The summed E-state index contributed by atoms with van der Waals surface area (Å²) in [4.78, 5) is 20.7. The molecule has 1 aromatic rings. The monoisotopic (exact) mass is 284 g/mol. The van der Waals surface area contributed by atoms with Gasteiger partial charge >= 0.3 is 11.9 Å². The first-order valence-electron chi connectivity index (χ1n) is 6.19. The zero-order chi connectivity index (χ0) is 15.7. The van der Waals surface area contributed by atoms with Crippen molar-refractivity contribution in [1.82, 2.24) is 0 Å². The van der Waals surface area contributed by atoms with Crippen molar-refractivity contribution in [2.45, 2.75) is 26.4 Å². The van der Waals surface area contributed by atoms with E-state index in [0.717, 1.165) is 6.42 Å². The van der Waals surface area contributed by atoms with Crippen molar-refractivity contribution in [3.05, 3.63) is 35.4 Å². The number of rotatable bonds is 5. The highest BCUT2D eigenvalue weighted by molar-refractivity contribution is 5.91. The van der Waals surface area contributed by atoms with Crippen LogP contribution >= 0.6 is 0 Å². The maximum atomic E-state index is 10.3. The molecule has 0 radical (unpaired) electrons. The van der Waals surface area contributed by atoms with E-state index in [1.807, 2.05) is 13.8 Å². The third-order valence-electron chi connectivity index (χ3n) is 2.74. The third-order valence-corrected chi connectivity index (χ3v) is 2.74. The standard InChI is InChI=1S/C8H6O4.C6H14O2/c9-7(10)5-1-2-6(4-3-5)8(11)12;1-3-6(8)5(2)4-7/h1-4H,(H,9,10)(H,11,12);5-8H,3-4H2,1-2H3. The number of carboxylic acids is 2. The molecule has 2 unspecified atom stereocenters. The van der Waals surface area contributed by atoms with Gasteiger partial charge in [0.25, 0.3) is 0 Å². The first-order chi connectivity index (χ1) is 9.33. The lowest BCUT2D eigenvalue weighted by atomic mass is 10.0. The van der Waals surface area contributed by atoms with Crippen molar-refractivity contribution in [3.63, 3.8) is 0 Å². The molecule has 0 aromatic heterocycles. The number of hydrogen-bond donors (Lipinski definition) is 4. The summed E-state index contributed by atoms with van der Waals surface area (Å²) in [6.45, 7) is 3.81. The van der Waals surface area contributed by atoms with Crippen molar-refractivity contribution >= 4 is 11.9 Å². The number of aliphatic hydroxyl groups is 2. The minimum atomic E-state index is -1.06. The number of carboxylic acid groups (broad SMARTS) is 2. The van der Waals surface area contributed by atoms with Gasteiger partial charge in [0.1, 0.15) is 0 Å². The second kappa shape index (κ2) is 9.06. The van der Waals surface area contributed by atoms with E-state index in [4.69, 9.17) is 20.4 Å². The lowest BCUT2D eigenvalue weighted by Crippen LogP contribution is -2.19.